The second-order valence-corrected chi connectivity index (χ2v) is 5.31. The average Bonchev–Trinajstić information content (AvgIpc) is 2.47. The molecular weight excluding hydrogens is 290 g/mol. The Bertz CT molecular complexity index is 476. The molecule has 0 aromatic heterocycles. The summed E-state index contributed by atoms with van der Waals surface area (Å²) in [6.07, 6.45) is 4.17. The number of benzene rings is 1. The Morgan fingerprint density at radius 2 is 1.95 bits per heavy atom. The minimum absolute atomic E-state index is 0.349. The van der Waals surface area contributed by atoms with Gasteiger partial charge in [-0.2, -0.15) is 0 Å². The van der Waals surface area contributed by atoms with Crippen LogP contribution in [-0.4, -0.2) is 24.5 Å². The Kier molecular flexibility index (Phi) is 7.83. The highest BCUT2D eigenvalue weighted by atomic mass is 35.5. The molecule has 0 fully saturated rings. The van der Waals surface area contributed by atoms with Crippen molar-refractivity contribution in [2.75, 3.05) is 6.61 Å². The quantitative estimate of drug-likeness (QED) is 0.589. The van der Waals surface area contributed by atoms with Crippen LogP contribution in [0.4, 0.5) is 0 Å². The highest BCUT2D eigenvalue weighted by molar-refractivity contribution is 6.33. The van der Waals surface area contributed by atoms with Gasteiger partial charge in [0.1, 0.15) is 6.04 Å². The first-order valence-corrected chi connectivity index (χ1v) is 7.66. The first kappa shape index (κ1) is 17.5. The van der Waals surface area contributed by atoms with Gasteiger partial charge in [0.05, 0.1) is 17.2 Å². The van der Waals surface area contributed by atoms with Gasteiger partial charge in [-0.25, -0.2) is 4.79 Å². The van der Waals surface area contributed by atoms with E-state index in [0.717, 1.165) is 25.7 Å². The molecule has 1 N–H and O–H groups in total. The van der Waals surface area contributed by atoms with Crippen molar-refractivity contribution in [3.8, 4) is 0 Å². The van der Waals surface area contributed by atoms with Crippen LogP contribution < -0.4 is 5.32 Å². The van der Waals surface area contributed by atoms with E-state index in [9.17, 15) is 9.59 Å². The molecule has 116 valence electrons. The van der Waals surface area contributed by atoms with Crippen molar-refractivity contribution in [1.82, 2.24) is 5.32 Å². The Morgan fingerprint density at radius 1 is 1.24 bits per heavy atom. The molecule has 1 atom stereocenters. The average molecular weight is 312 g/mol. The van der Waals surface area contributed by atoms with E-state index >= 15 is 0 Å². The molecule has 0 aliphatic rings. The Balaban J connectivity index is 2.38. The van der Waals surface area contributed by atoms with Gasteiger partial charge >= 0.3 is 5.97 Å². The first-order chi connectivity index (χ1) is 10.1. The lowest BCUT2D eigenvalue weighted by atomic mass is 10.2. The lowest BCUT2D eigenvalue weighted by Crippen LogP contribution is -2.39. The molecule has 0 bridgehead atoms. The third kappa shape index (κ3) is 6.17. The molecule has 21 heavy (non-hydrogen) atoms. The molecule has 1 rings (SSSR count). The third-order valence-corrected chi connectivity index (χ3v) is 3.39. The molecule has 0 aliphatic carbocycles. The van der Waals surface area contributed by atoms with Crippen molar-refractivity contribution >= 4 is 23.5 Å². The molecule has 1 aromatic rings. The van der Waals surface area contributed by atoms with Crippen molar-refractivity contribution in [1.29, 1.82) is 0 Å². The predicted molar refractivity (Wildman–Crippen MR) is 83.5 cm³/mol. The summed E-state index contributed by atoms with van der Waals surface area (Å²) in [5.74, 6) is -0.803. The molecule has 0 heterocycles. The van der Waals surface area contributed by atoms with Crippen LogP contribution in [-0.2, 0) is 9.53 Å². The monoisotopic (exact) mass is 311 g/mol. The lowest BCUT2D eigenvalue weighted by molar-refractivity contribution is -0.145. The minimum Gasteiger partial charge on any atom is -0.464 e. The van der Waals surface area contributed by atoms with Crippen LogP contribution in [0.1, 0.15) is 49.9 Å². The zero-order valence-corrected chi connectivity index (χ0v) is 13.3. The molecule has 1 aromatic carbocycles. The van der Waals surface area contributed by atoms with Gasteiger partial charge < -0.3 is 10.1 Å². The van der Waals surface area contributed by atoms with E-state index in [4.69, 9.17) is 16.3 Å². The predicted octanol–water partition coefficient (Wildman–Crippen LogP) is 3.58. The molecule has 0 aliphatic heterocycles. The summed E-state index contributed by atoms with van der Waals surface area (Å²) in [4.78, 5) is 23.7. The minimum atomic E-state index is -0.694. The number of ether oxygens (including phenoxy) is 1. The summed E-state index contributed by atoms with van der Waals surface area (Å²) in [6, 6.07) is 6.01. The maximum atomic E-state index is 12.0. The number of carbonyl (C=O) groups is 2. The van der Waals surface area contributed by atoms with Crippen LogP contribution in [0.5, 0.6) is 0 Å². The SMILES string of the molecule is CCCCCCOC(=O)C(C)NC(=O)c1ccccc1Cl. The molecule has 5 heteroatoms. The van der Waals surface area contributed by atoms with E-state index in [1.54, 1.807) is 31.2 Å². The summed E-state index contributed by atoms with van der Waals surface area (Å²) in [5, 5.41) is 2.95. The summed E-state index contributed by atoms with van der Waals surface area (Å²) in [5.41, 5.74) is 0.349. The van der Waals surface area contributed by atoms with Crippen molar-refractivity contribution in [2.24, 2.45) is 0 Å². The highest BCUT2D eigenvalue weighted by Gasteiger charge is 2.18. The largest absolute Gasteiger partial charge is 0.464 e. The number of esters is 1. The Hall–Kier alpha value is -1.55. The zero-order chi connectivity index (χ0) is 15.7. The number of unbranched alkanes of at least 4 members (excludes halogenated alkanes) is 3. The fourth-order valence-corrected chi connectivity index (χ4v) is 2.03. The van der Waals surface area contributed by atoms with Crippen LogP contribution in [0.15, 0.2) is 24.3 Å². The second-order valence-electron chi connectivity index (χ2n) is 4.90. The number of rotatable bonds is 8. The van der Waals surface area contributed by atoms with Crippen molar-refractivity contribution < 1.29 is 14.3 Å². The molecule has 0 saturated heterocycles. The highest BCUT2D eigenvalue weighted by Crippen LogP contribution is 2.14. The van der Waals surface area contributed by atoms with Gasteiger partial charge in [0.15, 0.2) is 0 Å². The van der Waals surface area contributed by atoms with E-state index < -0.39 is 12.0 Å². The Labute approximate surface area is 130 Å². The molecule has 4 nitrogen and oxygen atoms in total. The van der Waals surface area contributed by atoms with E-state index in [1.807, 2.05) is 0 Å². The Morgan fingerprint density at radius 3 is 2.62 bits per heavy atom. The maximum Gasteiger partial charge on any atom is 0.328 e. The summed E-state index contributed by atoms with van der Waals surface area (Å²) >= 11 is 5.94. The van der Waals surface area contributed by atoms with Crippen LogP contribution in [0.3, 0.4) is 0 Å². The molecule has 0 spiro atoms. The van der Waals surface area contributed by atoms with Crippen LogP contribution in [0.25, 0.3) is 0 Å². The molecule has 1 amide bonds. The van der Waals surface area contributed by atoms with Gasteiger partial charge in [0, 0.05) is 0 Å². The van der Waals surface area contributed by atoms with E-state index in [2.05, 4.69) is 12.2 Å². The topological polar surface area (TPSA) is 55.4 Å². The lowest BCUT2D eigenvalue weighted by Gasteiger charge is -2.14. The van der Waals surface area contributed by atoms with Crippen molar-refractivity contribution in [3.05, 3.63) is 34.9 Å². The fourth-order valence-electron chi connectivity index (χ4n) is 1.81. The molecule has 1 unspecified atom stereocenters. The van der Waals surface area contributed by atoms with Gasteiger partial charge in [-0.15, -0.1) is 0 Å². The van der Waals surface area contributed by atoms with E-state index in [1.165, 1.54) is 0 Å². The number of halogens is 1. The summed E-state index contributed by atoms with van der Waals surface area (Å²) < 4.78 is 5.13. The van der Waals surface area contributed by atoms with Crippen LogP contribution in [0.2, 0.25) is 5.02 Å². The van der Waals surface area contributed by atoms with Crippen molar-refractivity contribution in [3.63, 3.8) is 0 Å². The van der Waals surface area contributed by atoms with Gasteiger partial charge in [0.25, 0.3) is 5.91 Å². The second kappa shape index (κ2) is 9.40. The van der Waals surface area contributed by atoms with Crippen molar-refractivity contribution in [2.45, 2.75) is 45.6 Å². The number of nitrogens with one attached hydrogen (secondary N) is 1. The maximum absolute atomic E-state index is 12.0. The fraction of sp³-hybridized carbons (Fsp3) is 0.500. The normalized spacial score (nSPS) is 11.8. The number of carbonyl (C=O) groups excluding carboxylic acids is 2. The summed E-state index contributed by atoms with van der Waals surface area (Å²) in [7, 11) is 0. The summed E-state index contributed by atoms with van der Waals surface area (Å²) in [6.45, 7) is 4.12. The standard InChI is InChI=1S/C16H22ClNO3/c1-3-4-5-8-11-21-16(20)12(2)18-15(19)13-9-6-7-10-14(13)17/h6-7,9-10,12H,3-5,8,11H2,1-2H3,(H,18,19). The third-order valence-electron chi connectivity index (χ3n) is 3.06. The number of amides is 1. The van der Waals surface area contributed by atoms with E-state index in [0.29, 0.717) is 17.2 Å². The smallest absolute Gasteiger partial charge is 0.328 e. The molecular formula is C16H22ClNO3. The molecule has 0 saturated carbocycles. The molecule has 0 radical (unpaired) electrons. The van der Waals surface area contributed by atoms with Crippen LogP contribution in [0, 0.1) is 0 Å². The van der Waals surface area contributed by atoms with Crippen LogP contribution >= 0.6 is 11.6 Å². The van der Waals surface area contributed by atoms with Gasteiger partial charge in [-0.05, 0) is 25.5 Å². The van der Waals surface area contributed by atoms with Gasteiger partial charge in [-0.3, -0.25) is 4.79 Å². The van der Waals surface area contributed by atoms with Gasteiger partial charge in [0.2, 0.25) is 0 Å². The van der Waals surface area contributed by atoms with Gasteiger partial charge in [-0.1, -0.05) is 49.9 Å². The zero-order valence-electron chi connectivity index (χ0n) is 12.5. The first-order valence-electron chi connectivity index (χ1n) is 7.28. The number of hydrogen-bond acceptors (Lipinski definition) is 3. The van der Waals surface area contributed by atoms with E-state index in [-0.39, 0.29) is 5.91 Å². The number of hydrogen-bond donors (Lipinski definition) is 1.